The summed E-state index contributed by atoms with van der Waals surface area (Å²) in [6.45, 7) is 7.55. The Morgan fingerprint density at radius 1 is 1.23 bits per heavy atom. The van der Waals surface area contributed by atoms with Crippen molar-refractivity contribution in [2.75, 3.05) is 26.2 Å². The van der Waals surface area contributed by atoms with Gasteiger partial charge in [-0.05, 0) is 25.0 Å². The molecule has 1 aromatic rings. The minimum absolute atomic E-state index is 0.132. The highest BCUT2D eigenvalue weighted by atomic mass is 35.5. The molecule has 0 atom stereocenters. The number of carbonyl (C=O) groups excluding carboxylic acids is 1. The molecule has 0 aliphatic carbocycles. The fourth-order valence-electron chi connectivity index (χ4n) is 2.93. The van der Waals surface area contributed by atoms with Gasteiger partial charge in [0.2, 0.25) is 5.91 Å². The summed E-state index contributed by atoms with van der Waals surface area (Å²) in [4.78, 5) is 16.5. The van der Waals surface area contributed by atoms with Gasteiger partial charge in [0.15, 0.2) is 0 Å². The van der Waals surface area contributed by atoms with Crippen molar-refractivity contribution in [1.29, 1.82) is 0 Å². The largest absolute Gasteiger partial charge is 0.340 e. The van der Waals surface area contributed by atoms with Crippen molar-refractivity contribution < 1.29 is 9.18 Å². The third-order valence-electron chi connectivity index (χ3n) is 4.46. The fourth-order valence-corrected chi connectivity index (χ4v) is 3.15. The molecule has 0 N–H and O–H groups in total. The van der Waals surface area contributed by atoms with Crippen molar-refractivity contribution in [3.8, 4) is 0 Å². The van der Waals surface area contributed by atoms with Gasteiger partial charge in [-0.15, -0.1) is 0 Å². The average molecular weight is 327 g/mol. The lowest BCUT2D eigenvalue weighted by molar-refractivity contribution is -0.137. The Kier molecular flexibility index (Phi) is 6.21. The predicted molar refractivity (Wildman–Crippen MR) is 87.3 cm³/mol. The zero-order valence-electron chi connectivity index (χ0n) is 13.3. The van der Waals surface area contributed by atoms with Crippen LogP contribution in [-0.2, 0) is 11.3 Å². The number of benzene rings is 1. The molecule has 1 aliphatic heterocycles. The van der Waals surface area contributed by atoms with Crippen LogP contribution in [-0.4, -0.2) is 41.9 Å². The van der Waals surface area contributed by atoms with Gasteiger partial charge in [0.05, 0.1) is 0 Å². The van der Waals surface area contributed by atoms with Gasteiger partial charge < -0.3 is 4.90 Å². The van der Waals surface area contributed by atoms with Crippen molar-refractivity contribution in [3.05, 3.63) is 34.6 Å². The maximum atomic E-state index is 13.8. The van der Waals surface area contributed by atoms with Gasteiger partial charge in [0, 0.05) is 49.2 Å². The van der Waals surface area contributed by atoms with Gasteiger partial charge in [-0.1, -0.05) is 31.5 Å². The number of piperazine rings is 1. The van der Waals surface area contributed by atoms with Gasteiger partial charge in [0.1, 0.15) is 5.82 Å². The summed E-state index contributed by atoms with van der Waals surface area (Å²) in [6.07, 6.45) is 1.78. The molecule has 1 saturated heterocycles. The standard InChI is InChI=1S/C17H24ClFN2O/c1-3-13(4-2)17(22)21-10-8-20(9-11-21)12-14-15(18)6-5-7-16(14)19/h5-7,13H,3-4,8-12H2,1-2H3. The molecule has 0 spiro atoms. The Hall–Kier alpha value is -1.13. The van der Waals surface area contributed by atoms with Crippen molar-refractivity contribution >= 4 is 17.5 Å². The Labute approximate surface area is 137 Å². The summed E-state index contributed by atoms with van der Waals surface area (Å²) in [7, 11) is 0. The molecule has 0 bridgehead atoms. The smallest absolute Gasteiger partial charge is 0.225 e. The predicted octanol–water partition coefficient (Wildman–Crippen LogP) is 3.56. The number of hydrogen-bond donors (Lipinski definition) is 0. The van der Waals surface area contributed by atoms with Crippen LogP contribution in [0.4, 0.5) is 4.39 Å². The maximum absolute atomic E-state index is 13.8. The molecule has 1 aromatic carbocycles. The summed E-state index contributed by atoms with van der Waals surface area (Å²) >= 11 is 6.08. The van der Waals surface area contributed by atoms with E-state index in [1.54, 1.807) is 12.1 Å². The molecule has 0 radical (unpaired) electrons. The van der Waals surface area contributed by atoms with Crippen LogP contribution in [0.25, 0.3) is 0 Å². The summed E-state index contributed by atoms with van der Waals surface area (Å²) in [6, 6.07) is 4.77. The van der Waals surface area contributed by atoms with E-state index < -0.39 is 0 Å². The number of halogens is 2. The Morgan fingerprint density at radius 2 is 1.86 bits per heavy atom. The third-order valence-corrected chi connectivity index (χ3v) is 4.82. The Morgan fingerprint density at radius 3 is 2.41 bits per heavy atom. The second kappa shape index (κ2) is 7.93. The lowest BCUT2D eigenvalue weighted by atomic mass is 10.0. The normalized spacial score (nSPS) is 16.3. The molecular weight excluding hydrogens is 303 g/mol. The molecule has 3 nitrogen and oxygen atoms in total. The van der Waals surface area contributed by atoms with E-state index in [1.165, 1.54) is 6.07 Å². The van der Waals surface area contributed by atoms with E-state index in [0.29, 0.717) is 30.2 Å². The molecule has 1 amide bonds. The van der Waals surface area contributed by atoms with Crippen LogP contribution in [0.3, 0.4) is 0 Å². The molecule has 22 heavy (non-hydrogen) atoms. The molecule has 2 rings (SSSR count). The molecule has 0 saturated carbocycles. The number of carbonyl (C=O) groups is 1. The first kappa shape index (κ1) is 17.2. The van der Waals surface area contributed by atoms with Gasteiger partial charge in [-0.3, -0.25) is 9.69 Å². The topological polar surface area (TPSA) is 23.6 Å². The highest BCUT2D eigenvalue weighted by Gasteiger charge is 2.26. The first-order valence-corrected chi connectivity index (χ1v) is 8.38. The highest BCUT2D eigenvalue weighted by molar-refractivity contribution is 6.31. The van der Waals surface area contributed by atoms with Crippen LogP contribution >= 0.6 is 11.6 Å². The first-order chi connectivity index (χ1) is 10.6. The number of rotatable bonds is 5. The van der Waals surface area contributed by atoms with E-state index in [9.17, 15) is 9.18 Å². The quantitative estimate of drug-likeness (QED) is 0.826. The van der Waals surface area contributed by atoms with E-state index >= 15 is 0 Å². The Bertz CT molecular complexity index is 491. The number of amides is 1. The molecule has 1 aliphatic rings. The lowest BCUT2D eigenvalue weighted by Crippen LogP contribution is -2.50. The van der Waals surface area contributed by atoms with Crippen molar-refractivity contribution in [2.45, 2.75) is 33.2 Å². The van der Waals surface area contributed by atoms with E-state index in [2.05, 4.69) is 18.7 Å². The number of hydrogen-bond acceptors (Lipinski definition) is 2. The van der Waals surface area contributed by atoms with Gasteiger partial charge >= 0.3 is 0 Å². The van der Waals surface area contributed by atoms with Crippen LogP contribution in [0.5, 0.6) is 0 Å². The summed E-state index contributed by atoms with van der Waals surface area (Å²) < 4.78 is 13.8. The van der Waals surface area contributed by atoms with Crippen LogP contribution in [0, 0.1) is 11.7 Å². The monoisotopic (exact) mass is 326 g/mol. The maximum Gasteiger partial charge on any atom is 0.225 e. The highest BCUT2D eigenvalue weighted by Crippen LogP contribution is 2.22. The van der Waals surface area contributed by atoms with E-state index in [-0.39, 0.29) is 17.6 Å². The van der Waals surface area contributed by atoms with Crippen molar-refractivity contribution in [3.63, 3.8) is 0 Å². The molecular formula is C17H24ClFN2O. The summed E-state index contributed by atoms with van der Waals surface area (Å²) in [5.74, 6) is 0.129. The van der Waals surface area contributed by atoms with E-state index in [4.69, 9.17) is 11.6 Å². The second-order valence-electron chi connectivity index (χ2n) is 5.82. The first-order valence-electron chi connectivity index (χ1n) is 8.00. The van der Waals surface area contributed by atoms with Crippen LogP contribution in [0.2, 0.25) is 5.02 Å². The molecule has 1 fully saturated rings. The minimum atomic E-state index is -0.261. The number of nitrogens with zero attached hydrogens (tertiary/aromatic N) is 2. The summed E-state index contributed by atoms with van der Waals surface area (Å²) in [5.41, 5.74) is 0.545. The summed E-state index contributed by atoms with van der Waals surface area (Å²) in [5, 5.41) is 0.468. The van der Waals surface area contributed by atoms with E-state index in [1.807, 2.05) is 4.90 Å². The van der Waals surface area contributed by atoms with Crippen LogP contribution in [0.15, 0.2) is 18.2 Å². The SMILES string of the molecule is CCC(CC)C(=O)N1CCN(Cc2c(F)cccc2Cl)CC1. The minimum Gasteiger partial charge on any atom is -0.340 e. The van der Waals surface area contributed by atoms with Gasteiger partial charge in [-0.2, -0.15) is 0 Å². The average Bonchev–Trinajstić information content (AvgIpc) is 2.53. The second-order valence-corrected chi connectivity index (χ2v) is 6.22. The lowest BCUT2D eigenvalue weighted by Gasteiger charge is -2.36. The molecule has 0 aromatic heterocycles. The van der Waals surface area contributed by atoms with Crippen LogP contribution in [0.1, 0.15) is 32.3 Å². The Balaban J connectivity index is 1.91. The zero-order valence-corrected chi connectivity index (χ0v) is 14.1. The molecule has 122 valence electrons. The van der Waals surface area contributed by atoms with E-state index in [0.717, 1.165) is 25.9 Å². The fraction of sp³-hybridized carbons (Fsp3) is 0.588. The van der Waals surface area contributed by atoms with Gasteiger partial charge in [-0.25, -0.2) is 4.39 Å². The van der Waals surface area contributed by atoms with Crippen molar-refractivity contribution in [2.24, 2.45) is 5.92 Å². The molecule has 0 unspecified atom stereocenters. The van der Waals surface area contributed by atoms with Gasteiger partial charge in [0.25, 0.3) is 0 Å². The molecule has 1 heterocycles. The third kappa shape index (κ3) is 3.99. The zero-order chi connectivity index (χ0) is 16.1. The van der Waals surface area contributed by atoms with Crippen LogP contribution < -0.4 is 0 Å². The molecule has 5 heteroatoms. The van der Waals surface area contributed by atoms with Crippen molar-refractivity contribution in [1.82, 2.24) is 9.80 Å².